The molecule has 1 aromatic heterocycles. The minimum absolute atomic E-state index is 0.250. The smallest absolute Gasteiger partial charge is 0.0267 e. The van der Waals surface area contributed by atoms with E-state index in [1.807, 2.05) is 18.2 Å². The molecule has 0 aliphatic carbocycles. The van der Waals surface area contributed by atoms with Crippen molar-refractivity contribution in [3.05, 3.63) is 51.4 Å². The van der Waals surface area contributed by atoms with Crippen molar-refractivity contribution in [3.63, 3.8) is 0 Å². The minimum atomic E-state index is -2.17. The molecule has 1 heterocycles. The van der Waals surface area contributed by atoms with Crippen molar-refractivity contribution in [2.24, 2.45) is 16.2 Å². The third-order valence-corrected chi connectivity index (χ3v) is 0.566. The Bertz CT molecular complexity index is 306. The van der Waals surface area contributed by atoms with Crippen molar-refractivity contribution in [1.82, 2.24) is 4.98 Å². The van der Waals surface area contributed by atoms with Crippen LogP contribution in [0.4, 0.5) is 0 Å². The van der Waals surface area contributed by atoms with Crippen LogP contribution >= 0.6 is 0 Å². The van der Waals surface area contributed by atoms with Crippen LogP contribution in [0.15, 0.2) is 30.6 Å². The topological polar surface area (TPSA) is 47.0 Å². The molecular formula is C20H38NO2Re-3. The first-order valence-corrected chi connectivity index (χ1v) is 9.94. The van der Waals surface area contributed by atoms with Crippen LogP contribution in [0.5, 0.6) is 0 Å². The third kappa shape index (κ3) is 305. The number of aromatic nitrogens is 1. The Morgan fingerprint density at radius 1 is 0.625 bits per heavy atom. The van der Waals surface area contributed by atoms with Crippen molar-refractivity contribution in [1.29, 1.82) is 0 Å². The maximum absolute atomic E-state index is 8.53. The van der Waals surface area contributed by atoms with E-state index in [4.69, 9.17) is 6.94 Å². The van der Waals surface area contributed by atoms with Crippen LogP contribution in [0.25, 0.3) is 0 Å². The summed E-state index contributed by atoms with van der Waals surface area (Å²) in [6, 6.07) is 5.72. The Hall–Kier alpha value is -0.588. The van der Waals surface area contributed by atoms with Crippen LogP contribution in [0.3, 0.4) is 0 Å². The van der Waals surface area contributed by atoms with Gasteiger partial charge in [-0.15, -0.1) is 0 Å². The largest absolute Gasteiger partial charge is 0.265 e. The number of rotatable bonds is 0. The first kappa shape index (κ1) is 31.2. The fourth-order valence-electron chi connectivity index (χ4n) is 0.313. The number of hydrogen-bond donors (Lipinski definition) is 0. The molecule has 0 unspecified atom stereocenters. The molecule has 4 heteroatoms. The average molecular weight is 511 g/mol. The summed E-state index contributed by atoms with van der Waals surface area (Å²) in [5, 5.41) is 0. The van der Waals surface area contributed by atoms with Crippen LogP contribution in [0.2, 0.25) is 0 Å². The molecule has 145 valence electrons. The van der Waals surface area contributed by atoms with Gasteiger partial charge >= 0.3 is 24.8 Å². The fraction of sp³-hybridized carbons (Fsp3) is 0.600. The van der Waals surface area contributed by atoms with E-state index >= 15 is 0 Å². The van der Waals surface area contributed by atoms with E-state index in [1.54, 1.807) is 12.4 Å². The summed E-state index contributed by atoms with van der Waals surface area (Å²) in [5.74, 6) is 0. The van der Waals surface area contributed by atoms with Crippen molar-refractivity contribution in [2.45, 2.75) is 62.3 Å². The van der Waals surface area contributed by atoms with Gasteiger partial charge in [-0.05, 0) is 12.1 Å². The van der Waals surface area contributed by atoms with Crippen molar-refractivity contribution >= 4 is 0 Å². The van der Waals surface area contributed by atoms with E-state index in [0.29, 0.717) is 0 Å². The van der Waals surface area contributed by atoms with Gasteiger partial charge in [0.05, 0.1) is 0 Å². The number of hydrogen-bond acceptors (Lipinski definition) is 3. The minimum Gasteiger partial charge on any atom is -0.265 e. The summed E-state index contributed by atoms with van der Waals surface area (Å²) in [4.78, 5) is 3.78. The van der Waals surface area contributed by atoms with Gasteiger partial charge in [0.1, 0.15) is 0 Å². The Balaban J connectivity index is -0.000000106. The first-order valence-electron chi connectivity index (χ1n) is 7.72. The van der Waals surface area contributed by atoms with Gasteiger partial charge in [0.25, 0.3) is 0 Å². The standard InChI is InChI=1S/C5H5N.3C5H11.2O.Re/c1-2-4-6-5-3-1;3*1-5(2,3)4;;;/h1-5H;3*1H2,2-4H3;;;/q;3*-1;;;. The second kappa shape index (κ2) is 17.2. The van der Waals surface area contributed by atoms with Gasteiger partial charge in [-0.3, -0.25) is 4.98 Å². The van der Waals surface area contributed by atoms with E-state index in [1.165, 1.54) is 0 Å². The Morgan fingerprint density at radius 3 is 0.833 bits per heavy atom. The van der Waals surface area contributed by atoms with E-state index in [2.05, 4.69) is 88.1 Å². The summed E-state index contributed by atoms with van der Waals surface area (Å²) < 4.78 is 17.1. The van der Waals surface area contributed by atoms with E-state index in [9.17, 15) is 0 Å². The van der Waals surface area contributed by atoms with Gasteiger partial charge in [0.15, 0.2) is 0 Å². The third-order valence-electron chi connectivity index (χ3n) is 0.566. The van der Waals surface area contributed by atoms with Crippen molar-refractivity contribution < 1.29 is 24.8 Å². The second-order valence-electron chi connectivity index (χ2n) is 8.77. The monoisotopic (exact) mass is 511 g/mol. The average Bonchev–Trinajstić information content (AvgIpc) is 2.25. The fourth-order valence-corrected chi connectivity index (χ4v) is 0.313. The van der Waals surface area contributed by atoms with Crippen molar-refractivity contribution in [3.8, 4) is 0 Å². The molecule has 0 fully saturated rings. The molecule has 0 saturated heterocycles. The molecule has 0 aliphatic heterocycles. The molecule has 0 amide bonds. The summed E-state index contributed by atoms with van der Waals surface area (Å²) in [6.45, 7) is 30.0. The van der Waals surface area contributed by atoms with Gasteiger partial charge in [0, 0.05) is 12.4 Å². The zero-order valence-electron chi connectivity index (χ0n) is 17.1. The zero-order chi connectivity index (χ0) is 20.4. The molecule has 0 spiro atoms. The summed E-state index contributed by atoms with van der Waals surface area (Å²) in [5.41, 5.74) is 0.750. The summed E-state index contributed by atoms with van der Waals surface area (Å²) >= 11 is -2.17. The van der Waals surface area contributed by atoms with Crippen LogP contribution in [-0.2, 0) is 24.8 Å². The second-order valence-corrected chi connectivity index (χ2v) is 9.22. The molecule has 0 aliphatic rings. The Labute approximate surface area is 159 Å². The van der Waals surface area contributed by atoms with Gasteiger partial charge in [0.2, 0.25) is 0 Å². The van der Waals surface area contributed by atoms with Crippen molar-refractivity contribution in [2.75, 3.05) is 0 Å². The molecule has 0 atom stereocenters. The molecule has 0 aromatic carbocycles. The summed E-state index contributed by atoms with van der Waals surface area (Å²) in [6.07, 6.45) is 3.50. The Morgan fingerprint density at radius 2 is 0.792 bits per heavy atom. The van der Waals surface area contributed by atoms with Gasteiger partial charge in [-0.2, -0.15) is 16.2 Å². The molecule has 1 aromatic rings. The summed E-state index contributed by atoms with van der Waals surface area (Å²) in [7, 11) is 0. The molecule has 24 heavy (non-hydrogen) atoms. The van der Waals surface area contributed by atoms with Gasteiger partial charge < -0.3 is 20.8 Å². The molecule has 0 N–H and O–H groups in total. The molecule has 0 radical (unpaired) electrons. The van der Waals surface area contributed by atoms with Gasteiger partial charge in [-0.1, -0.05) is 68.4 Å². The van der Waals surface area contributed by atoms with E-state index < -0.39 is 17.9 Å². The van der Waals surface area contributed by atoms with E-state index in [0.717, 1.165) is 0 Å². The quantitative estimate of drug-likeness (QED) is 0.377. The van der Waals surface area contributed by atoms with Crippen LogP contribution in [0, 0.1) is 37.0 Å². The van der Waals surface area contributed by atoms with Crippen LogP contribution in [0.1, 0.15) is 62.3 Å². The van der Waals surface area contributed by atoms with Gasteiger partial charge in [-0.25, -0.2) is 0 Å². The molecule has 0 saturated carbocycles. The number of pyridine rings is 1. The predicted molar refractivity (Wildman–Crippen MR) is 100 cm³/mol. The predicted octanol–water partition coefficient (Wildman–Crippen LogP) is 6.44. The normalized spacial score (nSPS) is 10.0. The molecule has 0 bridgehead atoms. The Kier molecular flexibility index (Phi) is 22.4. The zero-order valence-corrected chi connectivity index (χ0v) is 19.9. The maximum atomic E-state index is 8.53. The van der Waals surface area contributed by atoms with Crippen LogP contribution in [-0.4, -0.2) is 4.98 Å². The SMILES string of the molecule is [CH2-]C(C)(C)C.[CH2-]C(C)(C)C.[CH2-]C(C)(C)C.[O]=[Re]=[O].c1ccncc1. The number of nitrogens with zero attached hydrogens (tertiary/aromatic N) is 1. The van der Waals surface area contributed by atoms with E-state index in [-0.39, 0.29) is 16.2 Å². The van der Waals surface area contributed by atoms with Crippen LogP contribution < -0.4 is 0 Å². The molecular weight excluding hydrogens is 472 g/mol. The molecule has 1 rings (SSSR count). The first-order chi connectivity index (χ1) is 10.4. The molecule has 3 nitrogen and oxygen atoms in total. The maximum Gasteiger partial charge on any atom is 0.0267 e.